The summed E-state index contributed by atoms with van der Waals surface area (Å²) in [7, 11) is -4.32. The molecule has 32 heavy (non-hydrogen) atoms. The van der Waals surface area contributed by atoms with Crippen LogP contribution < -0.4 is 10.0 Å². The fourth-order valence-electron chi connectivity index (χ4n) is 3.15. The zero-order valence-electron chi connectivity index (χ0n) is 17.3. The molecule has 0 aliphatic heterocycles. The first kappa shape index (κ1) is 21.8. The summed E-state index contributed by atoms with van der Waals surface area (Å²) in [6.45, 7) is 3.43. The van der Waals surface area contributed by atoms with Crippen LogP contribution in [0.3, 0.4) is 0 Å². The van der Waals surface area contributed by atoms with Gasteiger partial charge in [0.05, 0.1) is 11.4 Å². The van der Waals surface area contributed by atoms with Gasteiger partial charge >= 0.3 is 0 Å². The lowest BCUT2D eigenvalue weighted by molar-refractivity contribution is -0.117. The van der Waals surface area contributed by atoms with Gasteiger partial charge in [0, 0.05) is 29.9 Å². The second-order valence-corrected chi connectivity index (χ2v) is 9.34. The van der Waals surface area contributed by atoms with Gasteiger partial charge in [-0.3, -0.25) is 14.5 Å². The van der Waals surface area contributed by atoms with Crippen molar-refractivity contribution in [3.05, 3.63) is 65.6 Å². The molecule has 0 atom stereocenters. The minimum Gasteiger partial charge on any atom is -0.310 e. The van der Waals surface area contributed by atoms with Gasteiger partial charge in [0.25, 0.3) is 10.0 Å². The van der Waals surface area contributed by atoms with Crippen LogP contribution in [0.5, 0.6) is 0 Å². The average molecular weight is 458 g/mol. The van der Waals surface area contributed by atoms with Gasteiger partial charge in [0.2, 0.25) is 5.91 Å². The van der Waals surface area contributed by atoms with Crippen LogP contribution in [-0.4, -0.2) is 24.3 Å². The summed E-state index contributed by atoms with van der Waals surface area (Å²) >= 11 is 0. The molecule has 7 nitrogen and oxygen atoms in total. The lowest BCUT2D eigenvalue weighted by atomic mass is 10.0. The normalized spacial score (nSPS) is 13.6. The fourth-order valence-corrected chi connectivity index (χ4v) is 4.32. The van der Waals surface area contributed by atoms with Gasteiger partial charge in [-0.2, -0.15) is 0 Å². The lowest BCUT2D eigenvalue weighted by Gasteiger charge is -2.14. The molecule has 10 heteroatoms. The Bertz CT molecular complexity index is 1320. The Labute approximate surface area is 184 Å². The molecule has 2 heterocycles. The monoisotopic (exact) mass is 458 g/mol. The number of aryl methyl sites for hydroxylation is 2. The number of amides is 1. The molecule has 0 radical (unpaired) electrons. The third-order valence-electron chi connectivity index (χ3n) is 5.13. The summed E-state index contributed by atoms with van der Waals surface area (Å²) in [4.78, 5) is 19.9. The molecule has 3 aromatic rings. The summed E-state index contributed by atoms with van der Waals surface area (Å²) in [5, 5.41) is 2.78. The van der Waals surface area contributed by atoms with Crippen LogP contribution in [0.25, 0.3) is 11.1 Å². The predicted octanol–water partition coefficient (Wildman–Crippen LogP) is 4.19. The average Bonchev–Trinajstić information content (AvgIpc) is 3.56. The molecule has 4 rings (SSSR count). The molecule has 0 bridgehead atoms. The molecule has 1 aromatic carbocycles. The number of rotatable bonds is 6. The van der Waals surface area contributed by atoms with Crippen LogP contribution in [-0.2, 0) is 14.8 Å². The summed E-state index contributed by atoms with van der Waals surface area (Å²) in [6.07, 6.45) is 4.91. The molecule has 1 aliphatic carbocycles. The number of hydrogen-bond donors (Lipinski definition) is 2. The van der Waals surface area contributed by atoms with Crippen molar-refractivity contribution in [2.45, 2.75) is 31.6 Å². The number of nitrogens with zero attached hydrogens (tertiary/aromatic N) is 2. The maximum absolute atomic E-state index is 14.0. The molecule has 166 valence electrons. The molecule has 1 aliphatic rings. The smallest absolute Gasteiger partial charge is 0.264 e. The number of anilines is 2. The van der Waals surface area contributed by atoms with Gasteiger partial charge < -0.3 is 5.32 Å². The van der Waals surface area contributed by atoms with E-state index in [9.17, 15) is 22.0 Å². The van der Waals surface area contributed by atoms with Gasteiger partial charge in [0.15, 0.2) is 0 Å². The topological polar surface area (TPSA) is 101 Å². The number of benzene rings is 1. The molecule has 2 aromatic heterocycles. The standard InChI is InChI=1S/C22H20F2N4O3S/c1-12-10-26-21(27-22(29)14-3-4-14)9-17(12)15-7-19(13(2)25-11-15)28-32(30,31)20-6-5-16(23)8-18(20)24/h5-11,14,28H,3-4H2,1-2H3,(H,26,27,29). The molecule has 1 amide bonds. The number of sulfonamides is 1. The van der Waals surface area contributed by atoms with Crippen molar-refractivity contribution in [2.24, 2.45) is 5.92 Å². The summed E-state index contributed by atoms with van der Waals surface area (Å²) in [5.74, 6) is -1.74. The van der Waals surface area contributed by atoms with Gasteiger partial charge in [0.1, 0.15) is 22.3 Å². The largest absolute Gasteiger partial charge is 0.310 e. The zero-order valence-corrected chi connectivity index (χ0v) is 18.1. The van der Waals surface area contributed by atoms with Crippen molar-refractivity contribution >= 4 is 27.4 Å². The quantitative estimate of drug-likeness (QED) is 0.577. The number of pyridine rings is 2. The summed E-state index contributed by atoms with van der Waals surface area (Å²) < 4.78 is 54.9. The minimum atomic E-state index is -4.32. The third kappa shape index (κ3) is 4.59. The van der Waals surface area contributed by atoms with Gasteiger partial charge in [-0.15, -0.1) is 0 Å². The van der Waals surface area contributed by atoms with Crippen molar-refractivity contribution < 1.29 is 22.0 Å². The van der Waals surface area contributed by atoms with Crippen molar-refractivity contribution in [3.63, 3.8) is 0 Å². The van der Waals surface area contributed by atoms with E-state index < -0.39 is 26.6 Å². The van der Waals surface area contributed by atoms with E-state index in [0.717, 1.165) is 30.5 Å². The Morgan fingerprint density at radius 1 is 1.06 bits per heavy atom. The maximum Gasteiger partial charge on any atom is 0.264 e. The van der Waals surface area contributed by atoms with Crippen molar-refractivity contribution in [2.75, 3.05) is 10.0 Å². The first-order valence-corrected chi connectivity index (χ1v) is 11.3. The van der Waals surface area contributed by atoms with Gasteiger partial charge in [-0.05, 0) is 62.1 Å². The first-order valence-electron chi connectivity index (χ1n) is 9.86. The highest BCUT2D eigenvalue weighted by Crippen LogP contribution is 2.32. The second kappa shape index (κ2) is 8.27. The van der Waals surface area contributed by atoms with Crippen LogP contribution in [0.2, 0.25) is 0 Å². The predicted molar refractivity (Wildman–Crippen MR) is 115 cm³/mol. The Kier molecular flexibility index (Phi) is 5.64. The number of aromatic nitrogens is 2. The van der Waals surface area contributed by atoms with Crippen LogP contribution in [0, 0.1) is 31.4 Å². The Hall–Kier alpha value is -3.40. The van der Waals surface area contributed by atoms with E-state index in [1.54, 1.807) is 31.5 Å². The van der Waals surface area contributed by atoms with Gasteiger partial charge in [-0.1, -0.05) is 0 Å². The highest BCUT2D eigenvalue weighted by Gasteiger charge is 2.30. The Balaban J connectivity index is 1.66. The van der Waals surface area contributed by atoms with Crippen molar-refractivity contribution in [1.29, 1.82) is 0 Å². The number of nitrogens with one attached hydrogen (secondary N) is 2. The molecule has 0 saturated heterocycles. The number of carbonyl (C=O) groups is 1. The molecule has 1 fully saturated rings. The molecule has 0 spiro atoms. The Morgan fingerprint density at radius 2 is 1.81 bits per heavy atom. The van der Waals surface area contributed by atoms with Crippen LogP contribution in [0.4, 0.5) is 20.3 Å². The third-order valence-corrected chi connectivity index (χ3v) is 6.53. The first-order chi connectivity index (χ1) is 15.1. The number of halogens is 2. The van der Waals surface area contributed by atoms with Crippen molar-refractivity contribution in [1.82, 2.24) is 9.97 Å². The van der Waals surface area contributed by atoms with E-state index >= 15 is 0 Å². The van der Waals surface area contributed by atoms with Crippen molar-refractivity contribution in [3.8, 4) is 11.1 Å². The van der Waals surface area contributed by atoms with Crippen LogP contribution in [0.1, 0.15) is 24.1 Å². The minimum absolute atomic E-state index is 0.0236. The van der Waals surface area contributed by atoms with E-state index in [4.69, 9.17) is 0 Å². The van der Waals surface area contributed by atoms with Gasteiger partial charge in [-0.25, -0.2) is 22.2 Å². The zero-order chi connectivity index (χ0) is 23.0. The van der Waals surface area contributed by atoms with E-state index in [0.29, 0.717) is 28.7 Å². The molecular weight excluding hydrogens is 438 g/mol. The van der Waals surface area contributed by atoms with E-state index in [1.807, 2.05) is 6.92 Å². The number of carbonyl (C=O) groups excluding carboxylic acids is 1. The fraction of sp³-hybridized carbons (Fsp3) is 0.227. The van der Waals surface area contributed by atoms with E-state index in [1.165, 1.54) is 0 Å². The maximum atomic E-state index is 14.0. The van der Waals surface area contributed by atoms with Crippen LogP contribution in [0.15, 0.2) is 47.6 Å². The molecule has 2 N–H and O–H groups in total. The highest BCUT2D eigenvalue weighted by molar-refractivity contribution is 7.92. The SMILES string of the molecule is Cc1cnc(NC(=O)C2CC2)cc1-c1cnc(C)c(NS(=O)(=O)c2ccc(F)cc2F)c1. The molecule has 0 unspecified atom stereocenters. The van der Waals surface area contributed by atoms with E-state index in [2.05, 4.69) is 20.0 Å². The summed E-state index contributed by atoms with van der Waals surface area (Å²) in [6, 6.07) is 5.50. The van der Waals surface area contributed by atoms with E-state index in [-0.39, 0.29) is 17.5 Å². The molecule has 1 saturated carbocycles. The van der Waals surface area contributed by atoms with Crippen LogP contribution >= 0.6 is 0 Å². The number of hydrogen-bond acceptors (Lipinski definition) is 5. The summed E-state index contributed by atoms with van der Waals surface area (Å²) in [5.41, 5.74) is 2.58. The second-order valence-electron chi connectivity index (χ2n) is 7.69. The lowest BCUT2D eigenvalue weighted by Crippen LogP contribution is -2.16. The Morgan fingerprint density at radius 3 is 2.50 bits per heavy atom. The highest BCUT2D eigenvalue weighted by atomic mass is 32.2. The molecular formula is C22H20F2N4O3S.